The van der Waals surface area contributed by atoms with Gasteiger partial charge in [-0.05, 0) is 0 Å². The molecule has 5 nitrogen and oxygen atoms in total. The topological polar surface area (TPSA) is 91.7 Å². The maximum Gasteiger partial charge on any atom is 0.522 e. The third-order valence-corrected chi connectivity index (χ3v) is 1.12. The summed E-state index contributed by atoms with van der Waals surface area (Å²) in [5, 5.41) is 7.12. The molecule has 0 unspecified atom stereocenters. The fourth-order valence-electron chi connectivity index (χ4n) is 0. The van der Waals surface area contributed by atoms with Crippen LogP contribution in [0.15, 0.2) is 0 Å². The second-order valence-corrected chi connectivity index (χ2v) is 3.14. The molecule has 0 bridgehead atoms. The van der Waals surface area contributed by atoms with Crippen molar-refractivity contribution in [2.45, 2.75) is 11.7 Å². The second-order valence-electron chi connectivity index (χ2n) is 1.72. The van der Waals surface area contributed by atoms with Crippen molar-refractivity contribution < 1.29 is 75.1 Å². The van der Waals surface area contributed by atoms with Gasteiger partial charge in [-0.25, -0.2) is 4.79 Å². The van der Waals surface area contributed by atoms with Gasteiger partial charge in [0.25, 0.3) is 0 Å². The van der Waals surface area contributed by atoms with Gasteiger partial charge in [0.1, 0.15) is 0 Å². The van der Waals surface area contributed by atoms with Crippen LogP contribution in [0.1, 0.15) is 0 Å². The van der Waals surface area contributed by atoms with Crippen LogP contribution in [0.5, 0.6) is 0 Å². The fourth-order valence-corrected chi connectivity index (χ4v) is 0. The van der Waals surface area contributed by atoms with Crippen molar-refractivity contribution in [2.75, 3.05) is 0 Å². The van der Waals surface area contributed by atoms with E-state index in [0.717, 1.165) is 0 Å². The van der Waals surface area contributed by atoms with Gasteiger partial charge in [-0.3, -0.25) is 4.55 Å². The minimum Gasteiger partial charge on any atom is -0.475 e. The fraction of sp³-hybridized carbons (Fsp3) is 0.667. The van der Waals surface area contributed by atoms with E-state index in [-0.39, 0.29) is 25.8 Å². The summed E-state index contributed by atoms with van der Waals surface area (Å²) in [5.74, 6) is -2.76. The molecule has 0 fully saturated rings. The van der Waals surface area contributed by atoms with Crippen molar-refractivity contribution >= 4 is 16.1 Å². The second kappa shape index (κ2) is 6.54. The Morgan fingerprint density at radius 2 is 1.12 bits per heavy atom. The van der Waals surface area contributed by atoms with Crippen molar-refractivity contribution in [2.24, 2.45) is 0 Å². The van der Waals surface area contributed by atoms with Crippen molar-refractivity contribution in [3.05, 3.63) is 0 Å². The van der Waals surface area contributed by atoms with Gasteiger partial charge in [0, 0.05) is 25.8 Å². The van der Waals surface area contributed by atoms with Crippen LogP contribution in [-0.4, -0.2) is 35.7 Å². The van der Waals surface area contributed by atoms with Gasteiger partial charge in [-0.2, -0.15) is 34.8 Å². The molecule has 0 rings (SSSR count). The predicted octanol–water partition coefficient (Wildman–Crippen LogP) is 1.02. The third-order valence-electron chi connectivity index (χ3n) is 0.535. The summed E-state index contributed by atoms with van der Waals surface area (Å²) in [6, 6.07) is 0. The van der Waals surface area contributed by atoms with Crippen LogP contribution < -0.4 is 0 Å². The molecule has 0 aromatic heterocycles. The van der Waals surface area contributed by atoms with Crippen molar-refractivity contribution in [1.82, 2.24) is 0 Å². The summed E-state index contributed by atoms with van der Waals surface area (Å²) in [6.45, 7) is 0. The number of alkyl halides is 6. The number of hydrogen-bond donors (Lipinski definition) is 2. The zero-order valence-corrected chi connectivity index (χ0v) is 9.49. The van der Waals surface area contributed by atoms with Crippen molar-refractivity contribution in [3.8, 4) is 0 Å². The summed E-state index contributed by atoms with van der Waals surface area (Å²) >= 11 is 0. The molecule has 1 radical (unpaired) electrons. The number of hydrogen-bond acceptors (Lipinski definition) is 3. The van der Waals surface area contributed by atoms with Gasteiger partial charge in [0.2, 0.25) is 0 Å². The minimum absolute atomic E-state index is 0. The van der Waals surface area contributed by atoms with Crippen molar-refractivity contribution in [1.29, 1.82) is 0 Å². The first-order chi connectivity index (χ1) is 6.19. The summed E-state index contributed by atoms with van der Waals surface area (Å²) in [6.07, 6.45) is -5.08. The Bertz CT molecular complexity index is 316. The SMILES string of the molecule is O=C(O)C(F)(F)F.O=S(=O)(O)C(F)(F)F.[Sc]. The van der Waals surface area contributed by atoms with Crippen LogP contribution in [0.4, 0.5) is 26.3 Å². The Labute approximate surface area is 103 Å². The van der Waals surface area contributed by atoms with Gasteiger partial charge in [0.15, 0.2) is 0 Å². The molecule has 0 amide bonds. The normalized spacial score (nSPS) is 11.9. The van der Waals surface area contributed by atoms with E-state index in [2.05, 4.69) is 0 Å². The number of carboxylic acid groups (broad SMARTS) is 1. The van der Waals surface area contributed by atoms with Gasteiger partial charge >= 0.3 is 27.8 Å². The van der Waals surface area contributed by atoms with Crippen LogP contribution in [-0.2, 0) is 40.8 Å². The molecule has 0 aromatic rings. The van der Waals surface area contributed by atoms with Gasteiger partial charge < -0.3 is 5.11 Å². The summed E-state index contributed by atoms with van der Waals surface area (Å²) in [7, 11) is -5.84. The predicted molar refractivity (Wildman–Crippen MR) is 31.3 cm³/mol. The third kappa shape index (κ3) is 10.4. The molecule has 16 heavy (non-hydrogen) atoms. The molecule has 2 N–H and O–H groups in total. The molecule has 0 spiro atoms. The van der Waals surface area contributed by atoms with E-state index in [1.807, 2.05) is 0 Å². The van der Waals surface area contributed by atoms with Crippen LogP contribution in [0.25, 0.3) is 0 Å². The number of halogens is 6. The Balaban J connectivity index is -0.000000200. The molecule has 95 valence electrons. The van der Waals surface area contributed by atoms with Crippen LogP contribution in [0, 0.1) is 0 Å². The molecular formula is C3H2F6O5SSc. The zero-order valence-electron chi connectivity index (χ0n) is 6.87. The van der Waals surface area contributed by atoms with E-state index >= 15 is 0 Å². The first kappa shape index (κ1) is 21.2. The molecule has 0 saturated heterocycles. The minimum atomic E-state index is -5.84. The first-order valence-corrected chi connectivity index (χ1v) is 3.97. The van der Waals surface area contributed by atoms with Crippen LogP contribution in [0.2, 0.25) is 0 Å². The summed E-state index contributed by atoms with van der Waals surface area (Å²) in [5.41, 5.74) is -5.53. The monoisotopic (exact) mass is 309 g/mol. The Kier molecular flexibility index (Phi) is 8.64. The van der Waals surface area contributed by atoms with Gasteiger partial charge in [-0.15, -0.1) is 0 Å². The molecule has 13 heteroatoms. The molecule has 0 aromatic carbocycles. The zero-order chi connectivity index (χ0) is 13.1. The van der Waals surface area contributed by atoms with E-state index < -0.39 is 27.8 Å². The van der Waals surface area contributed by atoms with Crippen molar-refractivity contribution in [3.63, 3.8) is 0 Å². The van der Waals surface area contributed by atoms with Crippen LogP contribution in [0.3, 0.4) is 0 Å². The average molecular weight is 309 g/mol. The number of carboxylic acids is 1. The smallest absolute Gasteiger partial charge is 0.475 e. The Morgan fingerprint density at radius 3 is 1.12 bits per heavy atom. The van der Waals surface area contributed by atoms with E-state index in [1.165, 1.54) is 0 Å². The number of carbonyl (C=O) groups is 1. The number of aliphatic carboxylic acids is 1. The van der Waals surface area contributed by atoms with E-state index in [4.69, 9.17) is 22.9 Å². The molecule has 0 aliphatic rings. The quantitative estimate of drug-likeness (QED) is 0.396. The van der Waals surface area contributed by atoms with Gasteiger partial charge in [0.05, 0.1) is 0 Å². The summed E-state index contributed by atoms with van der Waals surface area (Å²) in [4.78, 5) is 8.90. The number of rotatable bonds is 0. The Morgan fingerprint density at radius 1 is 1.00 bits per heavy atom. The molecule has 0 atom stereocenters. The molecular weight excluding hydrogens is 307 g/mol. The first-order valence-electron chi connectivity index (χ1n) is 2.53. The maximum atomic E-state index is 10.7. The maximum absolute atomic E-state index is 10.7. The van der Waals surface area contributed by atoms with Gasteiger partial charge in [-0.1, -0.05) is 0 Å². The molecule has 0 aliphatic carbocycles. The average Bonchev–Trinajstić information content (AvgIpc) is 1.80. The standard InChI is InChI=1S/C2HF3O2.CHF3O3S.Sc/c3-2(4,5)1(6)7;2-1(3,4)8(5,6)7;/h(H,6,7);(H,5,6,7);. The summed E-state index contributed by atoms with van der Waals surface area (Å²) < 4.78 is 89.3. The van der Waals surface area contributed by atoms with E-state index in [9.17, 15) is 26.3 Å². The largest absolute Gasteiger partial charge is 0.522 e. The van der Waals surface area contributed by atoms with E-state index in [1.54, 1.807) is 0 Å². The molecule has 0 saturated carbocycles. The Hall–Kier alpha value is -0.170. The van der Waals surface area contributed by atoms with Crippen LogP contribution >= 0.6 is 0 Å². The molecule has 0 aliphatic heterocycles. The molecule has 0 heterocycles. The van der Waals surface area contributed by atoms with E-state index in [0.29, 0.717) is 0 Å².